The minimum atomic E-state index is 0.713. The molecule has 0 bridgehead atoms. The Bertz CT molecular complexity index is 1170. The molecular weight excluding hydrogens is 418 g/mol. The van der Waals surface area contributed by atoms with Crippen LogP contribution < -0.4 is 4.74 Å². The summed E-state index contributed by atoms with van der Waals surface area (Å²) in [6.07, 6.45) is 5.73. The molecular formula is C30H35N3O. The Kier molecular flexibility index (Phi) is 7.25. The molecule has 176 valence electrons. The van der Waals surface area contributed by atoms with Gasteiger partial charge in [0, 0.05) is 19.5 Å². The maximum absolute atomic E-state index is 5.27. The van der Waals surface area contributed by atoms with Gasteiger partial charge in [-0.15, -0.1) is 0 Å². The van der Waals surface area contributed by atoms with E-state index in [-0.39, 0.29) is 0 Å². The molecule has 5 rings (SSSR count). The molecule has 2 heterocycles. The van der Waals surface area contributed by atoms with Gasteiger partial charge in [-0.2, -0.15) is 0 Å². The van der Waals surface area contributed by atoms with E-state index in [4.69, 9.17) is 9.72 Å². The van der Waals surface area contributed by atoms with Gasteiger partial charge in [0.1, 0.15) is 11.6 Å². The van der Waals surface area contributed by atoms with E-state index in [1.54, 1.807) is 7.11 Å². The molecule has 0 saturated carbocycles. The van der Waals surface area contributed by atoms with Gasteiger partial charge >= 0.3 is 0 Å². The minimum Gasteiger partial charge on any atom is -0.497 e. The van der Waals surface area contributed by atoms with E-state index >= 15 is 0 Å². The van der Waals surface area contributed by atoms with E-state index in [2.05, 4.69) is 88.3 Å². The second-order valence-electron chi connectivity index (χ2n) is 9.49. The van der Waals surface area contributed by atoms with Crippen molar-refractivity contribution >= 4 is 11.0 Å². The van der Waals surface area contributed by atoms with Crippen LogP contribution in [0.15, 0.2) is 78.9 Å². The van der Waals surface area contributed by atoms with Crippen LogP contribution in [-0.2, 0) is 25.8 Å². The van der Waals surface area contributed by atoms with Gasteiger partial charge in [0.25, 0.3) is 0 Å². The fourth-order valence-electron chi connectivity index (χ4n) is 5.17. The first-order valence-electron chi connectivity index (χ1n) is 12.6. The van der Waals surface area contributed by atoms with Crippen LogP contribution in [-0.4, -0.2) is 41.2 Å². The molecule has 0 unspecified atom stereocenters. The van der Waals surface area contributed by atoms with Crippen molar-refractivity contribution in [3.05, 3.63) is 95.8 Å². The highest BCUT2D eigenvalue weighted by atomic mass is 16.5. The summed E-state index contributed by atoms with van der Waals surface area (Å²) in [4.78, 5) is 7.69. The summed E-state index contributed by atoms with van der Waals surface area (Å²) in [6.45, 7) is 4.49. The van der Waals surface area contributed by atoms with Gasteiger partial charge in [0.2, 0.25) is 0 Å². The van der Waals surface area contributed by atoms with Gasteiger partial charge in [0.05, 0.1) is 18.1 Å². The molecule has 1 saturated heterocycles. The monoisotopic (exact) mass is 453 g/mol. The Labute approximate surface area is 203 Å². The zero-order valence-corrected chi connectivity index (χ0v) is 20.2. The van der Waals surface area contributed by atoms with E-state index < -0.39 is 0 Å². The number of para-hydroxylation sites is 2. The molecule has 1 aliphatic rings. The lowest BCUT2D eigenvalue weighted by Crippen LogP contribution is -2.36. The molecule has 1 fully saturated rings. The Morgan fingerprint density at radius 2 is 1.47 bits per heavy atom. The molecule has 0 radical (unpaired) electrons. The lowest BCUT2D eigenvalue weighted by molar-refractivity contribution is 0.184. The first-order chi connectivity index (χ1) is 16.8. The number of imidazole rings is 1. The molecule has 3 aromatic carbocycles. The number of hydrogen-bond donors (Lipinski definition) is 0. The molecule has 4 nitrogen and oxygen atoms in total. The van der Waals surface area contributed by atoms with Crippen LogP contribution in [0.3, 0.4) is 0 Å². The van der Waals surface area contributed by atoms with Gasteiger partial charge in [-0.3, -0.25) is 0 Å². The third kappa shape index (κ3) is 5.51. The number of aromatic nitrogens is 2. The maximum Gasteiger partial charge on any atom is 0.118 e. The molecule has 0 atom stereocenters. The lowest BCUT2D eigenvalue weighted by atomic mass is 9.93. The molecule has 1 aliphatic heterocycles. The summed E-state index contributed by atoms with van der Waals surface area (Å²) < 4.78 is 7.74. The van der Waals surface area contributed by atoms with E-state index in [1.807, 2.05) is 0 Å². The Morgan fingerprint density at radius 3 is 2.24 bits per heavy atom. The number of aryl methyl sites for hydroxylation is 2. The summed E-state index contributed by atoms with van der Waals surface area (Å²) >= 11 is 0. The Balaban J connectivity index is 1.18. The third-order valence-electron chi connectivity index (χ3n) is 7.25. The van der Waals surface area contributed by atoms with Gasteiger partial charge in [-0.25, -0.2) is 4.98 Å². The normalized spacial score (nSPS) is 15.1. The van der Waals surface area contributed by atoms with E-state index in [0.29, 0.717) is 5.92 Å². The van der Waals surface area contributed by atoms with Crippen molar-refractivity contribution in [3.63, 3.8) is 0 Å². The van der Waals surface area contributed by atoms with Gasteiger partial charge < -0.3 is 14.2 Å². The molecule has 0 spiro atoms. The van der Waals surface area contributed by atoms with Crippen molar-refractivity contribution in [1.82, 2.24) is 14.5 Å². The minimum absolute atomic E-state index is 0.713. The van der Waals surface area contributed by atoms with E-state index in [0.717, 1.165) is 43.6 Å². The molecule has 4 aromatic rings. The number of piperidine rings is 1. The number of ether oxygens (including phenoxy) is 1. The first-order valence-corrected chi connectivity index (χ1v) is 12.6. The number of nitrogens with zero attached hydrogens (tertiary/aromatic N) is 3. The fourth-order valence-corrected chi connectivity index (χ4v) is 5.17. The lowest BCUT2D eigenvalue weighted by Gasteiger charge is -2.32. The van der Waals surface area contributed by atoms with Gasteiger partial charge in [-0.1, -0.05) is 54.6 Å². The number of fused-ring (bicyclic) bond motifs is 1. The Hall–Kier alpha value is -3.11. The van der Waals surface area contributed by atoms with Crippen LogP contribution in [0.5, 0.6) is 5.75 Å². The zero-order chi connectivity index (χ0) is 23.2. The number of rotatable bonds is 9. The number of methoxy groups -OCH3 is 1. The number of likely N-dealkylation sites (tertiary alicyclic amines) is 1. The van der Waals surface area contributed by atoms with Crippen molar-refractivity contribution in [3.8, 4) is 5.75 Å². The average molecular weight is 454 g/mol. The van der Waals surface area contributed by atoms with Crippen molar-refractivity contribution in [1.29, 1.82) is 0 Å². The summed E-state index contributed by atoms with van der Waals surface area (Å²) in [7, 11) is 1.72. The number of hydrogen-bond acceptors (Lipinski definition) is 3. The summed E-state index contributed by atoms with van der Waals surface area (Å²) in [5, 5.41) is 0. The van der Waals surface area contributed by atoms with Crippen molar-refractivity contribution in [2.24, 2.45) is 5.92 Å². The van der Waals surface area contributed by atoms with E-state index in [1.165, 1.54) is 48.4 Å². The van der Waals surface area contributed by atoms with Crippen molar-refractivity contribution in [2.75, 3.05) is 26.7 Å². The highest BCUT2D eigenvalue weighted by Gasteiger charge is 2.22. The fraction of sp³-hybridized carbons (Fsp3) is 0.367. The smallest absolute Gasteiger partial charge is 0.118 e. The van der Waals surface area contributed by atoms with Crippen LogP contribution in [0, 0.1) is 5.92 Å². The van der Waals surface area contributed by atoms with E-state index in [9.17, 15) is 0 Å². The molecule has 34 heavy (non-hydrogen) atoms. The quantitative estimate of drug-likeness (QED) is 0.322. The van der Waals surface area contributed by atoms with Crippen LogP contribution in [0.25, 0.3) is 11.0 Å². The highest BCUT2D eigenvalue weighted by molar-refractivity contribution is 5.75. The van der Waals surface area contributed by atoms with Gasteiger partial charge in [0.15, 0.2) is 0 Å². The SMILES string of the molecule is COc1ccc(CCN2CCC(Cc3nc4ccccc4n3CCc3ccccc3)CC2)cc1. The van der Waals surface area contributed by atoms with Crippen molar-refractivity contribution in [2.45, 2.75) is 38.6 Å². The standard InChI is InChI=1S/C30H35N3O/c1-34-27-13-11-25(12-14-27)15-19-32-20-16-26(17-21-32)23-30-31-28-9-5-6-10-29(28)33(30)22-18-24-7-3-2-4-8-24/h2-14,26H,15-23H2,1H3. The summed E-state index contributed by atoms with van der Waals surface area (Å²) in [6, 6.07) is 27.9. The second-order valence-corrected chi connectivity index (χ2v) is 9.49. The molecule has 4 heteroatoms. The molecule has 1 aromatic heterocycles. The van der Waals surface area contributed by atoms with Crippen LogP contribution >= 0.6 is 0 Å². The van der Waals surface area contributed by atoms with Crippen LogP contribution in [0.4, 0.5) is 0 Å². The Morgan fingerprint density at radius 1 is 0.794 bits per heavy atom. The second kappa shape index (κ2) is 10.9. The van der Waals surface area contributed by atoms with Gasteiger partial charge in [-0.05, 0) is 80.1 Å². The predicted octanol–water partition coefficient (Wildman–Crippen LogP) is 5.78. The molecule has 0 aliphatic carbocycles. The third-order valence-corrected chi connectivity index (χ3v) is 7.25. The van der Waals surface area contributed by atoms with Crippen LogP contribution in [0.1, 0.15) is 29.8 Å². The predicted molar refractivity (Wildman–Crippen MR) is 139 cm³/mol. The zero-order valence-electron chi connectivity index (χ0n) is 20.2. The topological polar surface area (TPSA) is 30.3 Å². The van der Waals surface area contributed by atoms with Crippen molar-refractivity contribution < 1.29 is 4.74 Å². The highest BCUT2D eigenvalue weighted by Crippen LogP contribution is 2.25. The first kappa shape index (κ1) is 22.7. The molecule has 0 amide bonds. The van der Waals surface area contributed by atoms with Crippen LogP contribution in [0.2, 0.25) is 0 Å². The average Bonchev–Trinajstić information content (AvgIpc) is 3.24. The maximum atomic E-state index is 5.27. The number of benzene rings is 3. The summed E-state index contributed by atoms with van der Waals surface area (Å²) in [5.74, 6) is 2.90. The summed E-state index contributed by atoms with van der Waals surface area (Å²) in [5.41, 5.74) is 5.17. The molecule has 0 N–H and O–H groups in total. The largest absolute Gasteiger partial charge is 0.497 e.